The average Bonchev–Trinajstić information content (AvgIpc) is 2.29. The van der Waals surface area contributed by atoms with E-state index in [2.05, 4.69) is 5.32 Å². The molecule has 6 heteroatoms. The van der Waals surface area contributed by atoms with Gasteiger partial charge >= 0.3 is 5.97 Å². The molecule has 6 nitrogen and oxygen atoms in total. The molecule has 0 spiro atoms. The first-order valence-corrected chi connectivity index (χ1v) is 4.89. The molecule has 1 aromatic rings. The van der Waals surface area contributed by atoms with Crippen LogP contribution in [0.5, 0.6) is 0 Å². The summed E-state index contributed by atoms with van der Waals surface area (Å²) in [4.78, 5) is 20.9. The minimum absolute atomic E-state index is 0.0773. The van der Waals surface area contributed by atoms with Crippen LogP contribution in [-0.4, -0.2) is 29.6 Å². The maximum atomic E-state index is 11.0. The van der Waals surface area contributed by atoms with E-state index >= 15 is 0 Å². The molecule has 17 heavy (non-hydrogen) atoms. The van der Waals surface area contributed by atoms with Gasteiger partial charge in [-0.1, -0.05) is 12.2 Å². The SMILES string of the molecule is CNCC=Cc1ccc([N+](=O)[O-])cc1C(=O)O. The highest BCUT2D eigenvalue weighted by atomic mass is 16.6. The number of likely N-dealkylation sites (N-methyl/N-ethyl adjacent to an activating group) is 1. The van der Waals surface area contributed by atoms with Crippen molar-refractivity contribution < 1.29 is 14.8 Å². The Morgan fingerprint density at radius 1 is 1.59 bits per heavy atom. The zero-order chi connectivity index (χ0) is 12.8. The Morgan fingerprint density at radius 3 is 2.82 bits per heavy atom. The maximum absolute atomic E-state index is 11.0. The van der Waals surface area contributed by atoms with Crippen molar-refractivity contribution in [2.24, 2.45) is 0 Å². The number of carbonyl (C=O) groups is 1. The minimum atomic E-state index is -1.18. The van der Waals surface area contributed by atoms with Crippen molar-refractivity contribution in [1.29, 1.82) is 0 Å². The summed E-state index contributed by atoms with van der Waals surface area (Å²) in [7, 11) is 1.76. The van der Waals surface area contributed by atoms with E-state index in [1.54, 1.807) is 19.2 Å². The van der Waals surface area contributed by atoms with Crippen LogP contribution < -0.4 is 5.32 Å². The van der Waals surface area contributed by atoms with Gasteiger partial charge in [-0.15, -0.1) is 0 Å². The average molecular weight is 236 g/mol. The van der Waals surface area contributed by atoms with Crippen molar-refractivity contribution in [3.63, 3.8) is 0 Å². The summed E-state index contributed by atoms with van der Waals surface area (Å²) < 4.78 is 0. The number of non-ortho nitro benzene ring substituents is 1. The molecule has 1 rings (SSSR count). The third-order valence-corrected chi connectivity index (χ3v) is 2.10. The quantitative estimate of drug-likeness (QED) is 0.597. The van der Waals surface area contributed by atoms with Gasteiger partial charge < -0.3 is 10.4 Å². The number of nitro benzene ring substituents is 1. The Labute approximate surface area is 97.7 Å². The van der Waals surface area contributed by atoms with E-state index in [9.17, 15) is 14.9 Å². The van der Waals surface area contributed by atoms with Crippen molar-refractivity contribution in [2.75, 3.05) is 13.6 Å². The molecule has 0 saturated carbocycles. The van der Waals surface area contributed by atoms with Crippen molar-refractivity contribution in [3.05, 3.63) is 45.5 Å². The van der Waals surface area contributed by atoms with Gasteiger partial charge in [-0.2, -0.15) is 0 Å². The molecule has 0 heterocycles. The molecular formula is C11H12N2O4. The highest BCUT2D eigenvalue weighted by Crippen LogP contribution is 2.19. The summed E-state index contributed by atoms with van der Waals surface area (Å²) in [6, 6.07) is 3.76. The fourth-order valence-electron chi connectivity index (χ4n) is 1.29. The van der Waals surface area contributed by atoms with Crippen molar-refractivity contribution in [3.8, 4) is 0 Å². The van der Waals surface area contributed by atoms with E-state index < -0.39 is 10.9 Å². The van der Waals surface area contributed by atoms with Crippen LogP contribution in [0.25, 0.3) is 6.08 Å². The van der Waals surface area contributed by atoms with Gasteiger partial charge in [-0.05, 0) is 18.7 Å². The molecule has 0 radical (unpaired) electrons. The number of nitro groups is 1. The second kappa shape index (κ2) is 5.76. The lowest BCUT2D eigenvalue weighted by atomic mass is 10.1. The van der Waals surface area contributed by atoms with Gasteiger partial charge in [0.05, 0.1) is 10.5 Å². The standard InChI is InChI=1S/C11H12N2O4/c1-12-6-2-3-8-4-5-9(13(16)17)7-10(8)11(14)15/h2-5,7,12H,6H2,1H3,(H,14,15). The molecule has 2 N–H and O–H groups in total. The Hall–Kier alpha value is -2.21. The third kappa shape index (κ3) is 3.39. The molecule has 0 aromatic heterocycles. The molecule has 0 aliphatic heterocycles. The number of carboxylic acid groups (broad SMARTS) is 1. The van der Waals surface area contributed by atoms with E-state index in [-0.39, 0.29) is 11.3 Å². The molecule has 90 valence electrons. The fraction of sp³-hybridized carbons (Fsp3) is 0.182. The molecule has 0 amide bonds. The molecule has 0 unspecified atom stereocenters. The lowest BCUT2D eigenvalue weighted by molar-refractivity contribution is -0.384. The van der Waals surface area contributed by atoms with E-state index in [1.165, 1.54) is 12.1 Å². The van der Waals surface area contributed by atoms with Gasteiger partial charge in [0.2, 0.25) is 0 Å². The highest BCUT2D eigenvalue weighted by molar-refractivity contribution is 5.93. The fourth-order valence-corrected chi connectivity index (χ4v) is 1.29. The van der Waals surface area contributed by atoms with Gasteiger partial charge in [0, 0.05) is 18.7 Å². The summed E-state index contributed by atoms with van der Waals surface area (Å²) in [6.45, 7) is 0.593. The smallest absolute Gasteiger partial charge is 0.336 e. The monoisotopic (exact) mass is 236 g/mol. The number of benzene rings is 1. The molecule has 0 aliphatic rings. The van der Waals surface area contributed by atoms with Crippen molar-refractivity contribution >= 4 is 17.7 Å². The molecule has 0 atom stereocenters. The molecule has 0 aliphatic carbocycles. The van der Waals surface area contributed by atoms with E-state index in [0.717, 1.165) is 6.07 Å². The summed E-state index contributed by atoms with van der Waals surface area (Å²) in [5, 5.41) is 22.4. The summed E-state index contributed by atoms with van der Waals surface area (Å²) in [6.07, 6.45) is 3.36. The Balaban J connectivity index is 3.13. The summed E-state index contributed by atoms with van der Waals surface area (Å²) in [5.74, 6) is -1.18. The molecule has 0 bridgehead atoms. The lowest BCUT2D eigenvalue weighted by Crippen LogP contribution is -2.04. The van der Waals surface area contributed by atoms with Crippen LogP contribution in [-0.2, 0) is 0 Å². The number of aromatic carboxylic acids is 1. The minimum Gasteiger partial charge on any atom is -0.478 e. The Bertz CT molecular complexity index is 469. The highest BCUT2D eigenvalue weighted by Gasteiger charge is 2.14. The summed E-state index contributed by atoms with van der Waals surface area (Å²) >= 11 is 0. The Morgan fingerprint density at radius 2 is 2.29 bits per heavy atom. The van der Waals surface area contributed by atoms with Crippen molar-refractivity contribution in [2.45, 2.75) is 0 Å². The van der Waals surface area contributed by atoms with Gasteiger partial charge in [0.15, 0.2) is 0 Å². The predicted molar refractivity (Wildman–Crippen MR) is 63.0 cm³/mol. The normalized spacial score (nSPS) is 10.6. The second-order valence-corrected chi connectivity index (χ2v) is 3.29. The number of nitrogens with zero attached hydrogens (tertiary/aromatic N) is 1. The van der Waals surface area contributed by atoms with Gasteiger partial charge in [0.1, 0.15) is 0 Å². The molecule has 1 aromatic carbocycles. The number of hydrogen-bond donors (Lipinski definition) is 2. The topological polar surface area (TPSA) is 92.5 Å². The summed E-state index contributed by atoms with van der Waals surface area (Å²) in [5.41, 5.74) is 0.137. The number of hydrogen-bond acceptors (Lipinski definition) is 4. The van der Waals surface area contributed by atoms with E-state index in [4.69, 9.17) is 5.11 Å². The zero-order valence-corrected chi connectivity index (χ0v) is 9.21. The zero-order valence-electron chi connectivity index (χ0n) is 9.21. The Kier molecular flexibility index (Phi) is 4.36. The largest absolute Gasteiger partial charge is 0.478 e. The van der Waals surface area contributed by atoms with Gasteiger partial charge in [0.25, 0.3) is 5.69 Å². The van der Waals surface area contributed by atoms with Gasteiger partial charge in [-0.3, -0.25) is 10.1 Å². The number of rotatable bonds is 5. The van der Waals surface area contributed by atoms with Crippen LogP contribution in [0.4, 0.5) is 5.69 Å². The number of nitrogens with one attached hydrogen (secondary N) is 1. The number of carboxylic acids is 1. The predicted octanol–water partition coefficient (Wildman–Crippen LogP) is 1.53. The second-order valence-electron chi connectivity index (χ2n) is 3.29. The molecule has 0 fully saturated rings. The third-order valence-electron chi connectivity index (χ3n) is 2.10. The first-order valence-electron chi connectivity index (χ1n) is 4.89. The van der Waals surface area contributed by atoms with Crippen LogP contribution in [0.15, 0.2) is 24.3 Å². The van der Waals surface area contributed by atoms with E-state index in [0.29, 0.717) is 12.1 Å². The maximum Gasteiger partial charge on any atom is 0.336 e. The van der Waals surface area contributed by atoms with Crippen LogP contribution in [0.3, 0.4) is 0 Å². The molecular weight excluding hydrogens is 224 g/mol. The van der Waals surface area contributed by atoms with Crippen LogP contribution in [0, 0.1) is 10.1 Å². The van der Waals surface area contributed by atoms with E-state index in [1.807, 2.05) is 0 Å². The van der Waals surface area contributed by atoms with Crippen LogP contribution >= 0.6 is 0 Å². The first-order chi connectivity index (χ1) is 8.06. The molecule has 0 saturated heterocycles. The van der Waals surface area contributed by atoms with Crippen LogP contribution in [0.2, 0.25) is 0 Å². The van der Waals surface area contributed by atoms with Crippen molar-refractivity contribution in [1.82, 2.24) is 5.32 Å². The first kappa shape index (κ1) is 12.9. The van der Waals surface area contributed by atoms with Crippen LogP contribution in [0.1, 0.15) is 15.9 Å². The van der Waals surface area contributed by atoms with Gasteiger partial charge in [-0.25, -0.2) is 4.79 Å². The lowest BCUT2D eigenvalue weighted by Gasteiger charge is -2.01.